The number of esters is 3. The minimum absolute atomic E-state index is 0.240. The number of fused-ring (bicyclic) bond motifs is 1. The third-order valence-electron chi connectivity index (χ3n) is 5.12. The van der Waals surface area contributed by atoms with Crippen LogP contribution in [0.25, 0.3) is 11.0 Å². The van der Waals surface area contributed by atoms with Crippen LogP contribution in [0, 0.1) is 11.3 Å². The minimum atomic E-state index is -1.10. The normalized spacial score (nSPS) is 21.1. The van der Waals surface area contributed by atoms with Crippen LogP contribution in [0.1, 0.15) is 46.4 Å². The van der Waals surface area contributed by atoms with Gasteiger partial charge in [0.25, 0.3) is 0 Å². The fraction of sp³-hybridized carbons (Fsp3) is 0.478. The van der Waals surface area contributed by atoms with Crippen molar-refractivity contribution >= 4 is 34.8 Å². The van der Waals surface area contributed by atoms with E-state index < -0.39 is 42.4 Å². The van der Waals surface area contributed by atoms with Crippen molar-refractivity contribution < 1.29 is 33.3 Å². The molecular weight excluding hydrogens is 458 g/mol. The number of ether oxygens (including phenoxy) is 4. The van der Waals surface area contributed by atoms with Gasteiger partial charge in [-0.3, -0.25) is 14.4 Å². The Bertz CT molecular complexity index is 1190. The predicted molar refractivity (Wildman–Crippen MR) is 122 cm³/mol. The standard InChI is InChI=1S/C23H27N5O7/c1-12(2)6-7-25-21-18-16(8-24)9-28(22(18)27-11-26-21)23-20(34-15(5)31)19(33-14(4)30)17(35-23)10-32-13(3)29/h6,9,11,17,19-20,23H,7,10H2,1-5H3,(H,25,26,27)/t17?,19?,20?,23-/m1/s1. The molecule has 1 saturated heterocycles. The van der Waals surface area contributed by atoms with Crippen molar-refractivity contribution in [2.45, 2.75) is 59.2 Å². The second-order valence-electron chi connectivity index (χ2n) is 8.16. The van der Waals surface area contributed by atoms with E-state index in [9.17, 15) is 19.6 Å². The number of nitriles is 1. The zero-order valence-electron chi connectivity index (χ0n) is 20.1. The first-order chi connectivity index (χ1) is 16.6. The first-order valence-electron chi connectivity index (χ1n) is 10.9. The average molecular weight is 485 g/mol. The molecule has 0 amide bonds. The van der Waals surface area contributed by atoms with E-state index in [4.69, 9.17) is 18.9 Å². The Morgan fingerprint density at radius 1 is 1.11 bits per heavy atom. The van der Waals surface area contributed by atoms with Crippen molar-refractivity contribution in [3.63, 3.8) is 0 Å². The minimum Gasteiger partial charge on any atom is -0.463 e. The van der Waals surface area contributed by atoms with E-state index >= 15 is 0 Å². The first kappa shape index (κ1) is 25.6. The molecule has 12 heteroatoms. The molecule has 2 aromatic heterocycles. The molecule has 2 aromatic rings. The van der Waals surface area contributed by atoms with Crippen LogP contribution in [0.3, 0.4) is 0 Å². The van der Waals surface area contributed by atoms with Gasteiger partial charge in [-0.15, -0.1) is 0 Å². The molecule has 1 aliphatic rings. The van der Waals surface area contributed by atoms with Crippen LogP contribution in [-0.2, 0) is 33.3 Å². The monoisotopic (exact) mass is 485 g/mol. The topological polar surface area (TPSA) is 155 Å². The Morgan fingerprint density at radius 3 is 2.40 bits per heavy atom. The quantitative estimate of drug-likeness (QED) is 0.331. The Morgan fingerprint density at radius 2 is 1.80 bits per heavy atom. The summed E-state index contributed by atoms with van der Waals surface area (Å²) in [6, 6.07) is 2.13. The number of carbonyl (C=O) groups is 3. The number of rotatable bonds is 8. The van der Waals surface area contributed by atoms with Crippen LogP contribution in [0.5, 0.6) is 0 Å². The molecule has 0 aromatic carbocycles. The lowest BCUT2D eigenvalue weighted by Gasteiger charge is -2.24. The van der Waals surface area contributed by atoms with E-state index in [-0.39, 0.29) is 12.2 Å². The molecule has 0 aliphatic carbocycles. The number of aromatic nitrogens is 3. The summed E-state index contributed by atoms with van der Waals surface area (Å²) >= 11 is 0. The number of anilines is 1. The van der Waals surface area contributed by atoms with E-state index in [0.29, 0.717) is 23.4 Å². The highest BCUT2D eigenvalue weighted by Crippen LogP contribution is 2.38. The number of hydrogen-bond acceptors (Lipinski definition) is 11. The predicted octanol–water partition coefficient (Wildman–Crippen LogP) is 2.00. The average Bonchev–Trinajstić information content (AvgIpc) is 3.30. The van der Waals surface area contributed by atoms with E-state index in [1.165, 1.54) is 37.9 Å². The zero-order chi connectivity index (χ0) is 25.7. The van der Waals surface area contributed by atoms with Gasteiger partial charge in [-0.05, 0) is 13.8 Å². The van der Waals surface area contributed by atoms with Gasteiger partial charge in [0.05, 0.1) is 10.9 Å². The SMILES string of the molecule is CC(=O)OCC1O[C@@H](n2cc(C#N)c3c(NCC=C(C)C)ncnc32)C(OC(C)=O)C1OC(C)=O. The molecule has 3 heterocycles. The van der Waals surface area contributed by atoms with Crippen LogP contribution in [0.4, 0.5) is 5.82 Å². The molecule has 4 atom stereocenters. The molecule has 1 N–H and O–H groups in total. The number of nitrogens with zero attached hydrogens (tertiary/aromatic N) is 4. The van der Waals surface area contributed by atoms with Crippen molar-refractivity contribution in [1.82, 2.24) is 14.5 Å². The van der Waals surface area contributed by atoms with Gasteiger partial charge in [-0.2, -0.15) is 5.26 Å². The first-order valence-corrected chi connectivity index (χ1v) is 10.9. The number of nitrogens with one attached hydrogen (secondary N) is 1. The van der Waals surface area contributed by atoms with Crippen molar-refractivity contribution in [1.29, 1.82) is 5.26 Å². The van der Waals surface area contributed by atoms with Crippen molar-refractivity contribution in [2.24, 2.45) is 0 Å². The maximum absolute atomic E-state index is 11.9. The second kappa shape index (κ2) is 11.0. The van der Waals surface area contributed by atoms with Gasteiger partial charge in [-0.25, -0.2) is 9.97 Å². The molecule has 186 valence electrons. The summed E-state index contributed by atoms with van der Waals surface area (Å²) in [5.41, 5.74) is 1.71. The fourth-order valence-corrected chi connectivity index (χ4v) is 3.77. The van der Waals surface area contributed by atoms with E-state index in [0.717, 1.165) is 5.57 Å². The van der Waals surface area contributed by atoms with Crippen molar-refractivity contribution in [2.75, 3.05) is 18.5 Å². The van der Waals surface area contributed by atoms with E-state index in [2.05, 4.69) is 21.4 Å². The third kappa shape index (κ3) is 5.93. The van der Waals surface area contributed by atoms with Crippen LogP contribution in [0.2, 0.25) is 0 Å². The molecular formula is C23H27N5O7. The maximum Gasteiger partial charge on any atom is 0.303 e. The molecule has 3 unspecified atom stereocenters. The highest BCUT2D eigenvalue weighted by molar-refractivity contribution is 5.93. The van der Waals surface area contributed by atoms with E-state index in [1.54, 1.807) is 0 Å². The van der Waals surface area contributed by atoms with Crippen LogP contribution in [-0.4, -0.2) is 63.9 Å². The third-order valence-corrected chi connectivity index (χ3v) is 5.12. The number of allylic oxidation sites excluding steroid dienone is 1. The largest absolute Gasteiger partial charge is 0.463 e. The van der Waals surface area contributed by atoms with Crippen molar-refractivity contribution in [3.05, 3.63) is 29.7 Å². The van der Waals surface area contributed by atoms with Gasteiger partial charge in [0, 0.05) is 33.5 Å². The highest BCUT2D eigenvalue weighted by Gasteiger charge is 2.51. The Kier molecular flexibility index (Phi) is 8.03. The lowest BCUT2D eigenvalue weighted by Crippen LogP contribution is -2.40. The van der Waals surface area contributed by atoms with Gasteiger partial charge in [0.1, 0.15) is 36.6 Å². The fourth-order valence-electron chi connectivity index (χ4n) is 3.77. The summed E-state index contributed by atoms with van der Waals surface area (Å²) in [4.78, 5) is 43.7. The summed E-state index contributed by atoms with van der Waals surface area (Å²) in [5, 5.41) is 13.4. The lowest BCUT2D eigenvalue weighted by molar-refractivity contribution is -0.166. The Labute approximate surface area is 201 Å². The van der Waals surface area contributed by atoms with Crippen LogP contribution >= 0.6 is 0 Å². The van der Waals surface area contributed by atoms with Crippen LogP contribution in [0.15, 0.2) is 24.2 Å². The van der Waals surface area contributed by atoms with Crippen LogP contribution < -0.4 is 5.32 Å². The molecule has 0 spiro atoms. The summed E-state index contributed by atoms with van der Waals surface area (Å²) in [6.07, 6.45) is 0.673. The lowest BCUT2D eigenvalue weighted by atomic mass is 10.1. The Hall–Kier alpha value is -3.98. The highest BCUT2D eigenvalue weighted by atomic mass is 16.7. The maximum atomic E-state index is 11.9. The molecule has 0 saturated carbocycles. The van der Waals surface area contributed by atoms with Gasteiger partial charge in [-0.1, -0.05) is 11.6 Å². The van der Waals surface area contributed by atoms with Crippen molar-refractivity contribution in [3.8, 4) is 6.07 Å². The smallest absolute Gasteiger partial charge is 0.303 e. The molecule has 0 radical (unpaired) electrons. The molecule has 1 aliphatic heterocycles. The zero-order valence-corrected chi connectivity index (χ0v) is 20.1. The van der Waals surface area contributed by atoms with Gasteiger partial charge in [0.2, 0.25) is 0 Å². The number of carbonyl (C=O) groups excluding carboxylic acids is 3. The van der Waals surface area contributed by atoms with Gasteiger partial charge in [0.15, 0.2) is 18.4 Å². The molecule has 35 heavy (non-hydrogen) atoms. The van der Waals surface area contributed by atoms with E-state index in [1.807, 2.05) is 19.9 Å². The molecule has 3 rings (SSSR count). The summed E-state index contributed by atoms with van der Waals surface area (Å²) in [5.74, 6) is -1.38. The molecule has 1 fully saturated rings. The molecule has 12 nitrogen and oxygen atoms in total. The van der Waals surface area contributed by atoms with Gasteiger partial charge < -0.3 is 28.8 Å². The number of hydrogen-bond donors (Lipinski definition) is 1. The Balaban J connectivity index is 2.08. The van der Waals surface area contributed by atoms with Gasteiger partial charge >= 0.3 is 17.9 Å². The summed E-state index contributed by atoms with van der Waals surface area (Å²) < 4.78 is 23.6. The summed E-state index contributed by atoms with van der Waals surface area (Å²) in [7, 11) is 0. The summed E-state index contributed by atoms with van der Waals surface area (Å²) in [6.45, 7) is 7.83. The molecule has 0 bridgehead atoms. The second-order valence-corrected chi connectivity index (χ2v) is 8.16.